The van der Waals surface area contributed by atoms with E-state index in [0.29, 0.717) is 22.6 Å². The molecule has 1 aliphatic rings. The number of nitrogens with zero attached hydrogens (tertiary/aromatic N) is 3. The lowest BCUT2D eigenvalue weighted by Crippen LogP contribution is -2.37. The van der Waals surface area contributed by atoms with E-state index >= 15 is 0 Å². The largest absolute Gasteiger partial charge is 0.312 e. The molecule has 0 spiro atoms. The predicted molar refractivity (Wildman–Crippen MR) is 114 cm³/mol. The van der Waals surface area contributed by atoms with Crippen molar-refractivity contribution in [2.24, 2.45) is 0 Å². The van der Waals surface area contributed by atoms with Gasteiger partial charge in [-0.25, -0.2) is 4.98 Å². The van der Waals surface area contributed by atoms with Crippen molar-refractivity contribution < 1.29 is 4.79 Å². The van der Waals surface area contributed by atoms with Crippen LogP contribution in [0, 0.1) is 0 Å². The maximum absolute atomic E-state index is 13.1. The summed E-state index contributed by atoms with van der Waals surface area (Å²) in [4.78, 5) is 32.6. The van der Waals surface area contributed by atoms with Crippen LogP contribution in [0.1, 0.15) is 32.7 Å². The molecule has 144 valence electrons. The molecule has 1 aromatic heterocycles. The number of rotatable bonds is 6. The molecule has 5 nitrogen and oxygen atoms in total. The third kappa shape index (κ3) is 3.56. The van der Waals surface area contributed by atoms with Crippen LogP contribution in [0.4, 0.5) is 5.69 Å². The summed E-state index contributed by atoms with van der Waals surface area (Å²) in [7, 11) is 0. The smallest absolute Gasteiger partial charge is 0.262 e. The van der Waals surface area contributed by atoms with Crippen LogP contribution in [0.2, 0.25) is 0 Å². The first-order valence-corrected chi connectivity index (χ1v) is 10.5. The Morgan fingerprint density at radius 1 is 1.18 bits per heavy atom. The topological polar surface area (TPSA) is 55.2 Å². The number of amides is 1. The van der Waals surface area contributed by atoms with Crippen LogP contribution in [0.3, 0.4) is 0 Å². The second-order valence-corrected chi connectivity index (χ2v) is 8.30. The van der Waals surface area contributed by atoms with Crippen molar-refractivity contribution in [3.05, 3.63) is 65.0 Å². The van der Waals surface area contributed by atoms with Gasteiger partial charge >= 0.3 is 0 Å². The number of hydrogen-bond donors (Lipinski definition) is 0. The van der Waals surface area contributed by atoms with Crippen LogP contribution < -0.4 is 10.5 Å². The van der Waals surface area contributed by atoms with E-state index in [1.165, 1.54) is 11.8 Å². The summed E-state index contributed by atoms with van der Waals surface area (Å²) in [5.41, 5.74) is 1.56. The van der Waals surface area contributed by atoms with Gasteiger partial charge in [-0.1, -0.05) is 42.1 Å². The Morgan fingerprint density at radius 3 is 2.54 bits per heavy atom. The van der Waals surface area contributed by atoms with Gasteiger partial charge in [-0.2, -0.15) is 0 Å². The zero-order valence-corrected chi connectivity index (χ0v) is 16.9. The van der Waals surface area contributed by atoms with E-state index in [9.17, 15) is 9.59 Å². The first-order valence-electron chi connectivity index (χ1n) is 9.64. The Bertz CT molecular complexity index is 1060. The van der Waals surface area contributed by atoms with E-state index in [1.807, 2.05) is 68.4 Å². The number of anilines is 1. The minimum atomic E-state index is -0.349. The number of para-hydroxylation sites is 2. The van der Waals surface area contributed by atoms with Gasteiger partial charge in [0.2, 0.25) is 5.91 Å². The average molecular weight is 394 g/mol. The quantitative estimate of drug-likeness (QED) is 0.464. The highest BCUT2D eigenvalue weighted by Gasteiger charge is 2.31. The lowest BCUT2D eigenvalue weighted by Gasteiger charge is -2.24. The lowest BCUT2D eigenvalue weighted by atomic mass is 10.2. The second kappa shape index (κ2) is 7.80. The molecule has 6 heteroatoms. The number of hydrogen-bond acceptors (Lipinski definition) is 4. The Labute approximate surface area is 168 Å². The van der Waals surface area contributed by atoms with E-state index in [1.54, 1.807) is 9.47 Å². The van der Waals surface area contributed by atoms with Crippen molar-refractivity contribution in [1.29, 1.82) is 0 Å². The second-order valence-electron chi connectivity index (χ2n) is 7.00. The summed E-state index contributed by atoms with van der Waals surface area (Å²) in [6.07, 6.45) is 1.97. The molecule has 1 amide bonds. The van der Waals surface area contributed by atoms with Gasteiger partial charge in [0.25, 0.3) is 5.56 Å². The fourth-order valence-electron chi connectivity index (χ4n) is 3.36. The van der Waals surface area contributed by atoms with Gasteiger partial charge in [0.05, 0.1) is 16.2 Å². The molecule has 28 heavy (non-hydrogen) atoms. The monoisotopic (exact) mass is 393 g/mol. The zero-order chi connectivity index (χ0) is 19.7. The summed E-state index contributed by atoms with van der Waals surface area (Å²) in [5.74, 6) is 0.0171. The highest BCUT2D eigenvalue weighted by Crippen LogP contribution is 2.38. The Morgan fingerprint density at radius 2 is 1.86 bits per heavy atom. The Kier molecular flexibility index (Phi) is 5.22. The van der Waals surface area contributed by atoms with E-state index < -0.39 is 0 Å². The minimum absolute atomic E-state index is 0.00865. The molecule has 0 N–H and O–H groups in total. The van der Waals surface area contributed by atoms with E-state index in [2.05, 4.69) is 0 Å². The molecule has 4 rings (SSSR count). The number of fused-ring (bicyclic) bond motifs is 1. The molecule has 1 heterocycles. The molecule has 1 saturated carbocycles. The van der Waals surface area contributed by atoms with Crippen LogP contribution in [0.15, 0.2) is 64.5 Å². The summed E-state index contributed by atoms with van der Waals surface area (Å²) >= 11 is 1.37. The first-order chi connectivity index (χ1) is 13.6. The van der Waals surface area contributed by atoms with Crippen LogP contribution in [0.25, 0.3) is 10.9 Å². The molecule has 0 aliphatic heterocycles. The molecule has 2 aromatic carbocycles. The molecular weight excluding hydrogens is 370 g/mol. The molecule has 0 bridgehead atoms. The van der Waals surface area contributed by atoms with E-state index in [4.69, 9.17) is 4.98 Å². The summed E-state index contributed by atoms with van der Waals surface area (Å²) in [5, 5.41) is 0.923. The molecule has 1 aliphatic carbocycles. The number of carbonyl (C=O) groups is 1. The summed E-state index contributed by atoms with van der Waals surface area (Å²) in [6.45, 7) is 4.45. The van der Waals surface area contributed by atoms with Gasteiger partial charge < -0.3 is 4.90 Å². The number of carbonyl (C=O) groups excluding carboxylic acids is 1. The third-order valence-corrected chi connectivity index (χ3v) is 6.02. The lowest BCUT2D eigenvalue weighted by molar-refractivity contribution is -0.117. The maximum Gasteiger partial charge on any atom is 0.262 e. The van der Waals surface area contributed by atoms with Crippen molar-refractivity contribution in [3.63, 3.8) is 0 Å². The maximum atomic E-state index is 13.1. The number of aromatic nitrogens is 2. The van der Waals surface area contributed by atoms with Crippen LogP contribution in [-0.4, -0.2) is 27.3 Å². The van der Waals surface area contributed by atoms with Gasteiger partial charge in [-0.15, -0.1) is 0 Å². The summed E-state index contributed by atoms with van der Waals surface area (Å²) in [6, 6.07) is 17.3. The SMILES string of the molecule is CCN(C(=O)[C@@H](C)Sc1nc2ccccc2c(=O)n1C1CC1)c1ccccc1. The minimum Gasteiger partial charge on any atom is -0.312 e. The highest BCUT2D eigenvalue weighted by molar-refractivity contribution is 8.00. The van der Waals surface area contributed by atoms with Gasteiger partial charge in [0.15, 0.2) is 5.16 Å². The standard InChI is InChI=1S/C22H23N3O2S/c1-3-24(16-9-5-4-6-10-16)20(26)15(2)28-22-23-19-12-8-7-11-18(19)21(27)25(22)17-13-14-17/h4-12,15,17H,3,13-14H2,1-2H3/t15-/m1/s1. The van der Waals surface area contributed by atoms with Crippen molar-refractivity contribution >= 4 is 34.3 Å². The Balaban J connectivity index is 1.66. The zero-order valence-electron chi connectivity index (χ0n) is 16.0. The van der Waals surface area contributed by atoms with E-state index in [0.717, 1.165) is 18.5 Å². The van der Waals surface area contributed by atoms with Gasteiger partial charge in [0.1, 0.15) is 0 Å². The average Bonchev–Trinajstić information content (AvgIpc) is 3.54. The Hall–Kier alpha value is -2.60. The fraction of sp³-hybridized carbons (Fsp3) is 0.318. The van der Waals surface area contributed by atoms with Gasteiger partial charge in [0, 0.05) is 18.3 Å². The predicted octanol–water partition coefficient (Wildman–Crippen LogP) is 4.27. The normalized spacial score (nSPS) is 14.8. The fourth-order valence-corrected chi connectivity index (χ4v) is 4.41. The molecule has 0 radical (unpaired) electrons. The van der Waals surface area contributed by atoms with Crippen LogP contribution in [0.5, 0.6) is 0 Å². The number of thioether (sulfide) groups is 1. The van der Waals surface area contributed by atoms with Crippen molar-refractivity contribution in [2.75, 3.05) is 11.4 Å². The van der Waals surface area contributed by atoms with Crippen molar-refractivity contribution in [3.8, 4) is 0 Å². The van der Waals surface area contributed by atoms with Crippen molar-refractivity contribution in [1.82, 2.24) is 9.55 Å². The third-order valence-electron chi connectivity index (χ3n) is 4.97. The van der Waals surface area contributed by atoms with Gasteiger partial charge in [-0.3, -0.25) is 14.2 Å². The van der Waals surface area contributed by atoms with Crippen LogP contribution in [-0.2, 0) is 4.79 Å². The molecule has 0 unspecified atom stereocenters. The first kappa shape index (κ1) is 18.7. The molecule has 1 atom stereocenters. The molecule has 1 fully saturated rings. The highest BCUT2D eigenvalue weighted by atomic mass is 32.2. The van der Waals surface area contributed by atoms with Crippen molar-refractivity contribution in [2.45, 2.75) is 43.1 Å². The molecule has 0 saturated heterocycles. The number of benzene rings is 2. The van der Waals surface area contributed by atoms with Crippen LogP contribution >= 0.6 is 11.8 Å². The molecule has 3 aromatic rings. The van der Waals surface area contributed by atoms with Gasteiger partial charge in [-0.05, 0) is 51.0 Å². The van der Waals surface area contributed by atoms with E-state index in [-0.39, 0.29) is 22.8 Å². The summed E-state index contributed by atoms with van der Waals surface area (Å²) < 4.78 is 1.79. The molecular formula is C22H23N3O2S.